The van der Waals surface area contributed by atoms with Gasteiger partial charge >= 0.3 is 0 Å². The molecule has 3 rings (SSSR count). The van der Waals surface area contributed by atoms with Crippen molar-refractivity contribution in [3.63, 3.8) is 0 Å². The van der Waals surface area contributed by atoms with Crippen LogP contribution < -0.4 is 10.6 Å². The third kappa shape index (κ3) is 3.60. The fourth-order valence-electron chi connectivity index (χ4n) is 3.01. The van der Waals surface area contributed by atoms with Gasteiger partial charge in [-0.15, -0.1) is 0 Å². The summed E-state index contributed by atoms with van der Waals surface area (Å²) in [6, 6.07) is 2.60. The van der Waals surface area contributed by atoms with E-state index in [0.717, 1.165) is 37.5 Å². The molecule has 1 aliphatic heterocycles. The van der Waals surface area contributed by atoms with Crippen molar-refractivity contribution in [1.29, 1.82) is 0 Å². The Labute approximate surface area is 120 Å². The molecule has 0 amide bonds. The van der Waals surface area contributed by atoms with Crippen molar-refractivity contribution in [3.05, 3.63) is 11.8 Å². The summed E-state index contributed by atoms with van der Waals surface area (Å²) in [6.07, 6.45) is 7.76. The molecule has 2 heterocycles. The molecule has 1 aromatic heterocycles. The normalized spacial score (nSPS) is 23.1. The van der Waals surface area contributed by atoms with Crippen molar-refractivity contribution in [2.45, 2.75) is 57.6 Å². The molecule has 1 saturated heterocycles. The maximum Gasteiger partial charge on any atom is 0.224 e. The number of aromatic nitrogens is 2. The van der Waals surface area contributed by atoms with E-state index in [2.05, 4.69) is 20.6 Å². The number of aryl methyl sites for hydroxylation is 1. The Morgan fingerprint density at radius 1 is 1.20 bits per heavy atom. The van der Waals surface area contributed by atoms with Crippen LogP contribution in [-0.2, 0) is 4.74 Å². The van der Waals surface area contributed by atoms with Crippen LogP contribution in [0.1, 0.15) is 44.2 Å². The summed E-state index contributed by atoms with van der Waals surface area (Å²) < 4.78 is 5.61. The molecule has 0 bridgehead atoms. The molecule has 1 aromatic rings. The predicted octanol–water partition coefficient (Wildman–Crippen LogP) is 2.73. The fourth-order valence-corrected chi connectivity index (χ4v) is 3.01. The highest BCUT2D eigenvalue weighted by atomic mass is 16.5. The highest BCUT2D eigenvalue weighted by molar-refractivity contribution is 5.43. The van der Waals surface area contributed by atoms with Crippen LogP contribution in [0.2, 0.25) is 0 Å². The van der Waals surface area contributed by atoms with E-state index in [0.29, 0.717) is 18.1 Å². The van der Waals surface area contributed by atoms with E-state index in [4.69, 9.17) is 4.74 Å². The van der Waals surface area contributed by atoms with Crippen LogP contribution in [0.4, 0.5) is 11.8 Å². The van der Waals surface area contributed by atoms with E-state index in [-0.39, 0.29) is 0 Å². The lowest BCUT2D eigenvalue weighted by atomic mass is 10.2. The first kappa shape index (κ1) is 13.6. The van der Waals surface area contributed by atoms with Gasteiger partial charge < -0.3 is 15.4 Å². The largest absolute Gasteiger partial charge is 0.376 e. The van der Waals surface area contributed by atoms with Crippen LogP contribution >= 0.6 is 0 Å². The number of rotatable bonds is 5. The van der Waals surface area contributed by atoms with Gasteiger partial charge in [0.05, 0.1) is 6.10 Å². The van der Waals surface area contributed by atoms with E-state index >= 15 is 0 Å². The lowest BCUT2D eigenvalue weighted by molar-refractivity contribution is 0.120. The molecule has 0 aromatic carbocycles. The maximum atomic E-state index is 5.61. The molecule has 2 fully saturated rings. The van der Waals surface area contributed by atoms with E-state index < -0.39 is 0 Å². The first-order valence-corrected chi connectivity index (χ1v) is 7.77. The Balaban J connectivity index is 1.59. The minimum Gasteiger partial charge on any atom is -0.376 e. The molecule has 110 valence electrons. The van der Waals surface area contributed by atoms with Crippen LogP contribution in [0.25, 0.3) is 0 Å². The molecule has 5 heteroatoms. The average molecular weight is 276 g/mol. The number of hydrogen-bond donors (Lipinski definition) is 2. The monoisotopic (exact) mass is 276 g/mol. The minimum atomic E-state index is 0.311. The summed E-state index contributed by atoms with van der Waals surface area (Å²) in [7, 11) is 0. The van der Waals surface area contributed by atoms with Gasteiger partial charge in [0.15, 0.2) is 0 Å². The zero-order valence-electron chi connectivity index (χ0n) is 12.2. The molecule has 1 unspecified atom stereocenters. The summed E-state index contributed by atoms with van der Waals surface area (Å²) >= 11 is 0. The second-order valence-electron chi connectivity index (χ2n) is 5.86. The molecule has 0 spiro atoms. The Bertz CT molecular complexity index is 439. The topological polar surface area (TPSA) is 59.1 Å². The highest BCUT2D eigenvalue weighted by Gasteiger charge is 2.17. The SMILES string of the molecule is Cc1cc(NC2CCCC2)nc(NCC2CCCO2)n1. The van der Waals surface area contributed by atoms with Crippen LogP contribution in [0, 0.1) is 6.92 Å². The molecule has 2 aliphatic rings. The second-order valence-corrected chi connectivity index (χ2v) is 5.86. The summed E-state index contributed by atoms with van der Waals surface area (Å²) in [5.74, 6) is 1.65. The summed E-state index contributed by atoms with van der Waals surface area (Å²) in [5, 5.41) is 6.83. The molecule has 5 nitrogen and oxygen atoms in total. The van der Waals surface area contributed by atoms with E-state index in [9.17, 15) is 0 Å². The van der Waals surface area contributed by atoms with Gasteiger partial charge in [-0.05, 0) is 32.6 Å². The minimum absolute atomic E-state index is 0.311. The molecule has 1 saturated carbocycles. The van der Waals surface area contributed by atoms with Crippen molar-refractivity contribution in [3.8, 4) is 0 Å². The fraction of sp³-hybridized carbons (Fsp3) is 0.733. The molecule has 1 aliphatic carbocycles. The number of hydrogen-bond acceptors (Lipinski definition) is 5. The van der Waals surface area contributed by atoms with Gasteiger partial charge in [0, 0.05) is 31.0 Å². The molecule has 20 heavy (non-hydrogen) atoms. The van der Waals surface area contributed by atoms with Gasteiger partial charge in [0.1, 0.15) is 5.82 Å². The van der Waals surface area contributed by atoms with Crippen molar-refractivity contribution < 1.29 is 4.74 Å². The Morgan fingerprint density at radius 2 is 2.05 bits per heavy atom. The predicted molar refractivity (Wildman–Crippen MR) is 80.1 cm³/mol. The Morgan fingerprint density at radius 3 is 2.80 bits per heavy atom. The van der Waals surface area contributed by atoms with Gasteiger partial charge in [0.2, 0.25) is 5.95 Å². The van der Waals surface area contributed by atoms with E-state index in [1.165, 1.54) is 25.7 Å². The third-order valence-corrected chi connectivity index (χ3v) is 4.07. The van der Waals surface area contributed by atoms with Crippen LogP contribution in [0.15, 0.2) is 6.07 Å². The summed E-state index contributed by atoms with van der Waals surface area (Å²) in [6.45, 7) is 3.70. The van der Waals surface area contributed by atoms with Gasteiger partial charge in [-0.1, -0.05) is 12.8 Å². The van der Waals surface area contributed by atoms with Crippen LogP contribution in [0.3, 0.4) is 0 Å². The van der Waals surface area contributed by atoms with Gasteiger partial charge in [-0.2, -0.15) is 4.98 Å². The second kappa shape index (κ2) is 6.39. The van der Waals surface area contributed by atoms with Gasteiger partial charge in [0.25, 0.3) is 0 Å². The number of ether oxygens (including phenoxy) is 1. The van der Waals surface area contributed by atoms with Gasteiger partial charge in [-0.3, -0.25) is 0 Å². The molecular formula is C15H24N4O. The van der Waals surface area contributed by atoms with Crippen molar-refractivity contribution in [1.82, 2.24) is 9.97 Å². The smallest absolute Gasteiger partial charge is 0.224 e. The van der Waals surface area contributed by atoms with Crippen molar-refractivity contribution >= 4 is 11.8 Å². The molecule has 1 atom stereocenters. The quantitative estimate of drug-likeness (QED) is 0.866. The molecule has 0 radical (unpaired) electrons. The average Bonchev–Trinajstić information content (AvgIpc) is 3.08. The number of nitrogens with zero attached hydrogens (tertiary/aromatic N) is 2. The first-order chi connectivity index (χ1) is 9.79. The highest BCUT2D eigenvalue weighted by Crippen LogP contribution is 2.22. The molecule has 2 N–H and O–H groups in total. The zero-order chi connectivity index (χ0) is 13.8. The maximum absolute atomic E-state index is 5.61. The summed E-state index contributed by atoms with van der Waals surface area (Å²) in [5.41, 5.74) is 0.996. The van der Waals surface area contributed by atoms with Crippen molar-refractivity contribution in [2.24, 2.45) is 0 Å². The number of anilines is 2. The first-order valence-electron chi connectivity index (χ1n) is 7.77. The van der Waals surface area contributed by atoms with E-state index in [1.54, 1.807) is 0 Å². The van der Waals surface area contributed by atoms with E-state index in [1.807, 2.05) is 13.0 Å². The van der Waals surface area contributed by atoms with Crippen LogP contribution in [0.5, 0.6) is 0 Å². The molecular weight excluding hydrogens is 252 g/mol. The lowest BCUT2D eigenvalue weighted by Gasteiger charge is -2.15. The Kier molecular flexibility index (Phi) is 4.35. The Hall–Kier alpha value is -1.36. The van der Waals surface area contributed by atoms with Crippen LogP contribution in [-0.4, -0.2) is 35.3 Å². The summed E-state index contributed by atoms with van der Waals surface area (Å²) in [4.78, 5) is 9.02. The van der Waals surface area contributed by atoms with Gasteiger partial charge in [-0.25, -0.2) is 4.98 Å². The number of nitrogens with one attached hydrogen (secondary N) is 2. The zero-order valence-corrected chi connectivity index (χ0v) is 12.2. The van der Waals surface area contributed by atoms with Crippen molar-refractivity contribution in [2.75, 3.05) is 23.8 Å². The standard InChI is InChI=1S/C15H24N4O/c1-11-9-14(18-12-5-2-3-6-12)19-15(17-11)16-10-13-7-4-8-20-13/h9,12-13H,2-8,10H2,1H3,(H2,16,17,18,19). The third-order valence-electron chi connectivity index (χ3n) is 4.07. The lowest BCUT2D eigenvalue weighted by Crippen LogP contribution is -2.21.